The summed E-state index contributed by atoms with van der Waals surface area (Å²) in [5.74, 6) is 0. The topological polar surface area (TPSA) is 44.0 Å². The summed E-state index contributed by atoms with van der Waals surface area (Å²) in [6, 6.07) is 7.67. The highest BCUT2D eigenvalue weighted by molar-refractivity contribution is 9.09. The number of aliphatic hydroxyl groups excluding tert-OH is 1. The first-order chi connectivity index (χ1) is 7.45. The second-order valence-electron chi connectivity index (χ2n) is 5.04. The molecule has 0 bridgehead atoms. The van der Waals surface area contributed by atoms with Crippen molar-refractivity contribution in [3.63, 3.8) is 0 Å². The van der Waals surface area contributed by atoms with Crippen LogP contribution < -0.4 is 0 Å². The first-order valence-electron chi connectivity index (χ1n) is 5.31. The van der Waals surface area contributed by atoms with E-state index in [1.807, 2.05) is 12.1 Å². The van der Waals surface area contributed by atoms with Gasteiger partial charge in [0.2, 0.25) is 0 Å². The Bertz CT molecular complexity index is 461. The summed E-state index contributed by atoms with van der Waals surface area (Å²) in [6.07, 6.45) is 0.383. The Kier molecular flexibility index (Phi) is 2.81. The average Bonchev–Trinajstić information content (AvgIpc) is 2.25. The molecule has 0 spiro atoms. The highest BCUT2D eigenvalue weighted by Crippen LogP contribution is 2.45. The number of nitriles is 1. The zero-order valence-electron chi connectivity index (χ0n) is 9.37. The first-order valence-corrected chi connectivity index (χ1v) is 6.22. The van der Waals surface area contributed by atoms with Gasteiger partial charge in [-0.05, 0) is 35.1 Å². The number of aliphatic hydroxyl groups is 1. The first kappa shape index (κ1) is 11.6. The van der Waals surface area contributed by atoms with Crippen LogP contribution in [-0.4, -0.2) is 9.93 Å². The molecule has 0 amide bonds. The van der Waals surface area contributed by atoms with Crippen molar-refractivity contribution in [3.8, 4) is 6.07 Å². The molecular weight excluding hydrogens is 266 g/mol. The molecule has 0 saturated heterocycles. The van der Waals surface area contributed by atoms with E-state index >= 15 is 0 Å². The van der Waals surface area contributed by atoms with Gasteiger partial charge in [-0.25, -0.2) is 0 Å². The molecule has 0 saturated carbocycles. The minimum atomic E-state index is -0.535. The second kappa shape index (κ2) is 3.87. The molecule has 1 N–H and O–H groups in total. The van der Waals surface area contributed by atoms with Gasteiger partial charge in [0.15, 0.2) is 0 Å². The fraction of sp³-hybridized carbons (Fsp3) is 0.462. The monoisotopic (exact) mass is 279 g/mol. The molecule has 0 radical (unpaired) electrons. The van der Waals surface area contributed by atoms with Crippen LogP contribution in [0.1, 0.15) is 36.6 Å². The molecule has 0 aromatic heterocycles. The van der Waals surface area contributed by atoms with Gasteiger partial charge in [0.25, 0.3) is 0 Å². The molecule has 3 heteroatoms. The molecule has 2 rings (SSSR count). The van der Waals surface area contributed by atoms with E-state index in [0.717, 1.165) is 17.5 Å². The van der Waals surface area contributed by atoms with E-state index in [9.17, 15) is 5.11 Å². The zero-order valence-corrected chi connectivity index (χ0v) is 11.0. The average molecular weight is 280 g/mol. The van der Waals surface area contributed by atoms with Crippen molar-refractivity contribution in [1.82, 2.24) is 0 Å². The van der Waals surface area contributed by atoms with Crippen LogP contribution in [-0.2, 0) is 6.42 Å². The van der Waals surface area contributed by atoms with E-state index in [4.69, 9.17) is 5.26 Å². The molecule has 1 aromatic carbocycles. The van der Waals surface area contributed by atoms with Crippen molar-refractivity contribution >= 4 is 15.9 Å². The lowest BCUT2D eigenvalue weighted by molar-refractivity contribution is 0.112. The molecule has 2 nitrogen and oxygen atoms in total. The zero-order chi connectivity index (χ0) is 11.9. The number of hydrogen-bond donors (Lipinski definition) is 1. The Balaban J connectivity index is 2.52. The van der Waals surface area contributed by atoms with Crippen molar-refractivity contribution < 1.29 is 5.11 Å². The van der Waals surface area contributed by atoms with E-state index in [0.29, 0.717) is 5.56 Å². The SMILES string of the molecule is CC1(C)Cc2ccc(C#N)cc2C(O)C1Br. The smallest absolute Gasteiger partial charge is 0.0991 e. The summed E-state index contributed by atoms with van der Waals surface area (Å²) in [7, 11) is 0. The van der Waals surface area contributed by atoms with Gasteiger partial charge in [-0.15, -0.1) is 0 Å². The third-order valence-corrected chi connectivity index (χ3v) is 5.00. The Morgan fingerprint density at radius 1 is 1.50 bits per heavy atom. The maximum Gasteiger partial charge on any atom is 0.0991 e. The van der Waals surface area contributed by atoms with Gasteiger partial charge in [-0.3, -0.25) is 0 Å². The largest absolute Gasteiger partial charge is 0.387 e. The standard InChI is InChI=1S/C13H14BrNO/c1-13(2)6-9-4-3-8(7-15)5-10(9)11(16)12(13)14/h3-5,11-12,16H,6H2,1-2H3. The van der Waals surface area contributed by atoms with Crippen LogP contribution in [0.3, 0.4) is 0 Å². The summed E-state index contributed by atoms with van der Waals surface area (Å²) >= 11 is 3.56. The molecule has 1 aliphatic carbocycles. The lowest BCUT2D eigenvalue weighted by Crippen LogP contribution is -2.37. The van der Waals surface area contributed by atoms with Crippen molar-refractivity contribution in [2.75, 3.05) is 0 Å². The van der Waals surface area contributed by atoms with Crippen molar-refractivity contribution in [2.45, 2.75) is 31.2 Å². The van der Waals surface area contributed by atoms with Crippen LogP contribution in [0.25, 0.3) is 0 Å². The molecule has 2 unspecified atom stereocenters. The van der Waals surface area contributed by atoms with Crippen LogP contribution in [0.4, 0.5) is 0 Å². The van der Waals surface area contributed by atoms with Crippen molar-refractivity contribution in [3.05, 3.63) is 34.9 Å². The van der Waals surface area contributed by atoms with E-state index in [2.05, 4.69) is 35.8 Å². The second-order valence-corrected chi connectivity index (χ2v) is 6.02. The summed E-state index contributed by atoms with van der Waals surface area (Å²) in [5, 5.41) is 19.1. The number of nitrogens with zero attached hydrogens (tertiary/aromatic N) is 1. The number of benzene rings is 1. The molecule has 16 heavy (non-hydrogen) atoms. The van der Waals surface area contributed by atoms with Gasteiger partial charge in [0.05, 0.1) is 22.6 Å². The normalized spacial score (nSPS) is 26.9. The van der Waals surface area contributed by atoms with Crippen molar-refractivity contribution in [2.24, 2.45) is 5.41 Å². The molecule has 1 aliphatic rings. The third-order valence-electron chi connectivity index (χ3n) is 3.26. The minimum absolute atomic E-state index is 0.0283. The summed E-state index contributed by atoms with van der Waals surface area (Å²) in [4.78, 5) is 0.0291. The fourth-order valence-electron chi connectivity index (χ4n) is 2.27. The van der Waals surface area contributed by atoms with Crippen LogP contribution in [0.2, 0.25) is 0 Å². The lowest BCUT2D eigenvalue weighted by Gasteiger charge is -2.39. The Morgan fingerprint density at radius 2 is 2.19 bits per heavy atom. The van der Waals surface area contributed by atoms with E-state index in [1.54, 1.807) is 6.07 Å². The van der Waals surface area contributed by atoms with Gasteiger partial charge in [-0.2, -0.15) is 5.26 Å². The number of hydrogen-bond acceptors (Lipinski definition) is 2. The van der Waals surface area contributed by atoms with E-state index < -0.39 is 6.10 Å². The van der Waals surface area contributed by atoms with Crippen LogP contribution >= 0.6 is 15.9 Å². The number of fused-ring (bicyclic) bond motifs is 1. The Morgan fingerprint density at radius 3 is 2.81 bits per heavy atom. The molecule has 84 valence electrons. The highest BCUT2D eigenvalue weighted by Gasteiger charge is 2.39. The molecule has 1 aromatic rings. The number of halogens is 1. The molecule has 2 atom stereocenters. The third kappa shape index (κ3) is 1.77. The van der Waals surface area contributed by atoms with Gasteiger partial charge >= 0.3 is 0 Å². The van der Waals surface area contributed by atoms with Gasteiger partial charge < -0.3 is 5.11 Å². The fourth-order valence-corrected chi connectivity index (χ4v) is 2.72. The minimum Gasteiger partial charge on any atom is -0.387 e. The predicted molar refractivity (Wildman–Crippen MR) is 66.3 cm³/mol. The molecule has 0 heterocycles. The highest BCUT2D eigenvalue weighted by atomic mass is 79.9. The van der Waals surface area contributed by atoms with Gasteiger partial charge in [0, 0.05) is 0 Å². The summed E-state index contributed by atoms with van der Waals surface area (Å²) < 4.78 is 0. The summed E-state index contributed by atoms with van der Waals surface area (Å²) in [6.45, 7) is 4.27. The predicted octanol–water partition coefficient (Wildman–Crippen LogP) is 2.94. The maximum atomic E-state index is 10.2. The van der Waals surface area contributed by atoms with Gasteiger partial charge in [-0.1, -0.05) is 35.8 Å². The van der Waals surface area contributed by atoms with Crippen LogP contribution in [0.5, 0.6) is 0 Å². The van der Waals surface area contributed by atoms with Crippen LogP contribution in [0.15, 0.2) is 18.2 Å². The maximum absolute atomic E-state index is 10.2. The molecular formula is C13H14BrNO. The Labute approximate surface area is 104 Å². The van der Waals surface area contributed by atoms with Crippen molar-refractivity contribution in [1.29, 1.82) is 5.26 Å². The number of rotatable bonds is 0. The molecule has 0 fully saturated rings. The van der Waals surface area contributed by atoms with E-state index in [-0.39, 0.29) is 10.2 Å². The van der Waals surface area contributed by atoms with Gasteiger partial charge in [0.1, 0.15) is 0 Å². The Hall–Kier alpha value is -0.850. The van der Waals surface area contributed by atoms with Crippen LogP contribution in [0, 0.1) is 16.7 Å². The lowest BCUT2D eigenvalue weighted by atomic mass is 9.72. The number of alkyl halides is 1. The molecule has 0 aliphatic heterocycles. The summed E-state index contributed by atoms with van der Waals surface area (Å²) in [5.41, 5.74) is 2.67. The quantitative estimate of drug-likeness (QED) is 0.742. The van der Waals surface area contributed by atoms with E-state index in [1.165, 1.54) is 0 Å².